The van der Waals surface area contributed by atoms with E-state index in [0.717, 1.165) is 83.5 Å². The number of phosphoric ester groups is 1. The summed E-state index contributed by atoms with van der Waals surface area (Å²) in [6.45, 7) is 4.53. The predicted molar refractivity (Wildman–Crippen MR) is 348 cm³/mol. The molecule has 0 aliphatic rings. The van der Waals surface area contributed by atoms with E-state index in [2.05, 4.69) is 116 Å². The average Bonchev–Trinajstić information content (AvgIpc) is 3.42. The molecule has 3 atom stereocenters. The van der Waals surface area contributed by atoms with E-state index in [1.54, 1.807) is 6.08 Å². The first-order valence-electron chi connectivity index (χ1n) is 33.2. The number of quaternary nitrogens is 1. The van der Waals surface area contributed by atoms with Gasteiger partial charge in [-0.05, 0) is 89.9 Å². The first-order chi connectivity index (χ1) is 39.0. The fraction of sp³-hybridized carbons (Fsp3) is 0.732. The van der Waals surface area contributed by atoms with E-state index in [-0.39, 0.29) is 12.5 Å². The van der Waals surface area contributed by atoms with Crippen LogP contribution in [-0.4, -0.2) is 68.5 Å². The molecule has 0 aromatic heterocycles. The molecule has 0 saturated heterocycles. The summed E-state index contributed by atoms with van der Waals surface area (Å²) in [6, 6.07) is -0.909. The fourth-order valence-corrected chi connectivity index (χ4v) is 10.1. The Morgan fingerprint density at radius 2 is 0.775 bits per heavy atom. The lowest BCUT2D eigenvalue weighted by atomic mass is 10.0. The molecule has 3 unspecified atom stereocenters. The van der Waals surface area contributed by atoms with Crippen LogP contribution in [0.1, 0.15) is 284 Å². The van der Waals surface area contributed by atoms with Crippen LogP contribution in [0.5, 0.6) is 0 Å². The van der Waals surface area contributed by atoms with Crippen LogP contribution >= 0.6 is 7.82 Å². The zero-order chi connectivity index (χ0) is 58.4. The molecule has 0 rings (SSSR count). The number of aliphatic hydroxyl groups excluding tert-OH is 1. The minimum Gasteiger partial charge on any atom is -0.756 e. The molecular weight excluding hydrogens is 1010 g/mol. The number of nitrogens with one attached hydrogen (secondary N) is 1. The average molecular weight is 1140 g/mol. The highest BCUT2D eigenvalue weighted by molar-refractivity contribution is 7.45. The minimum atomic E-state index is -4.61. The topological polar surface area (TPSA) is 108 Å². The number of hydrogen-bond acceptors (Lipinski definition) is 6. The molecule has 2 N–H and O–H groups in total. The lowest BCUT2D eigenvalue weighted by Crippen LogP contribution is -2.45. The Labute approximate surface area is 495 Å². The van der Waals surface area contributed by atoms with Crippen molar-refractivity contribution in [3.63, 3.8) is 0 Å². The van der Waals surface area contributed by atoms with Crippen LogP contribution in [0.25, 0.3) is 0 Å². The van der Waals surface area contributed by atoms with Crippen molar-refractivity contribution in [1.82, 2.24) is 5.32 Å². The number of nitrogens with zero attached hydrogens (tertiary/aromatic N) is 1. The highest BCUT2D eigenvalue weighted by Crippen LogP contribution is 2.38. The molecule has 0 aliphatic carbocycles. The summed E-state index contributed by atoms with van der Waals surface area (Å²) in [6.07, 6.45) is 89.1. The summed E-state index contributed by atoms with van der Waals surface area (Å²) < 4.78 is 23.4. The zero-order valence-corrected chi connectivity index (χ0v) is 53.6. The Kier molecular flexibility index (Phi) is 58.6. The van der Waals surface area contributed by atoms with Gasteiger partial charge in [-0.1, -0.05) is 297 Å². The molecule has 1 amide bonds. The van der Waals surface area contributed by atoms with Crippen molar-refractivity contribution in [2.75, 3.05) is 40.9 Å². The van der Waals surface area contributed by atoms with Crippen LogP contribution in [0, 0.1) is 0 Å². The van der Waals surface area contributed by atoms with Gasteiger partial charge < -0.3 is 28.8 Å². The van der Waals surface area contributed by atoms with Gasteiger partial charge in [0.2, 0.25) is 5.91 Å². The molecule has 0 heterocycles. The number of rotatable bonds is 60. The van der Waals surface area contributed by atoms with Crippen molar-refractivity contribution in [2.45, 2.75) is 296 Å². The van der Waals surface area contributed by atoms with Crippen LogP contribution in [-0.2, 0) is 18.4 Å². The Hall–Kier alpha value is -2.84. The number of hydrogen-bond donors (Lipinski definition) is 2. The molecule has 0 bridgehead atoms. The fourth-order valence-electron chi connectivity index (χ4n) is 9.33. The molecule has 8 nitrogen and oxygen atoms in total. The molecule has 0 saturated carbocycles. The van der Waals surface area contributed by atoms with Crippen molar-refractivity contribution in [2.24, 2.45) is 0 Å². The normalized spacial score (nSPS) is 14.4. The van der Waals surface area contributed by atoms with Crippen LogP contribution < -0.4 is 10.2 Å². The summed E-state index contributed by atoms with van der Waals surface area (Å²) in [4.78, 5) is 25.6. The van der Waals surface area contributed by atoms with Gasteiger partial charge in [0.05, 0.1) is 39.9 Å². The van der Waals surface area contributed by atoms with Gasteiger partial charge in [-0.2, -0.15) is 0 Å². The van der Waals surface area contributed by atoms with Crippen LogP contribution in [0.15, 0.2) is 109 Å². The van der Waals surface area contributed by atoms with Gasteiger partial charge in [-0.3, -0.25) is 9.36 Å². The van der Waals surface area contributed by atoms with E-state index in [9.17, 15) is 19.4 Å². The van der Waals surface area contributed by atoms with Gasteiger partial charge >= 0.3 is 0 Å². The molecule has 0 radical (unpaired) electrons. The smallest absolute Gasteiger partial charge is 0.268 e. The lowest BCUT2D eigenvalue weighted by Gasteiger charge is -2.29. The summed E-state index contributed by atoms with van der Waals surface area (Å²) in [7, 11) is 1.24. The van der Waals surface area contributed by atoms with Crippen molar-refractivity contribution in [3.05, 3.63) is 109 Å². The zero-order valence-electron chi connectivity index (χ0n) is 52.7. The molecule has 80 heavy (non-hydrogen) atoms. The number of carbonyl (C=O) groups excluding carboxylic acids is 1. The van der Waals surface area contributed by atoms with Gasteiger partial charge in [0.25, 0.3) is 7.82 Å². The van der Waals surface area contributed by atoms with E-state index in [1.165, 1.54) is 180 Å². The molecule has 0 aromatic carbocycles. The summed E-state index contributed by atoms with van der Waals surface area (Å²) in [5.41, 5.74) is 0. The minimum absolute atomic E-state index is 0.00894. The monoisotopic (exact) mass is 1130 g/mol. The van der Waals surface area contributed by atoms with Crippen LogP contribution in [0.3, 0.4) is 0 Å². The van der Waals surface area contributed by atoms with E-state index >= 15 is 0 Å². The third kappa shape index (κ3) is 62.8. The number of unbranched alkanes of at least 4 members (excludes halogenated alkanes) is 31. The number of aliphatic hydroxyl groups is 1. The molecular formula is C71H127N2O6P. The van der Waals surface area contributed by atoms with Gasteiger partial charge in [0, 0.05) is 6.42 Å². The Balaban J connectivity index is 4.05. The van der Waals surface area contributed by atoms with Crippen molar-refractivity contribution in [1.29, 1.82) is 0 Å². The number of carbonyl (C=O) groups is 1. The first kappa shape index (κ1) is 77.2. The van der Waals surface area contributed by atoms with Crippen molar-refractivity contribution < 1.29 is 32.9 Å². The van der Waals surface area contributed by atoms with E-state index < -0.39 is 26.6 Å². The lowest BCUT2D eigenvalue weighted by molar-refractivity contribution is -0.870. The summed E-state index contributed by atoms with van der Waals surface area (Å²) in [5.74, 6) is -0.207. The van der Waals surface area contributed by atoms with Crippen molar-refractivity contribution in [3.8, 4) is 0 Å². The van der Waals surface area contributed by atoms with E-state index in [0.29, 0.717) is 17.4 Å². The SMILES string of the molecule is CC/C=C\C/C=C\C/C=C\C/C=C\C/C=C\C/C=C\C/C=C\CCCCCCCCCCCCCCCCCCCC(=O)NC(COP(=O)([O-])OCC[N+](C)(C)C)C(O)/C=C/CC/C=C/CCCCCCCCCCCCCCC. The maximum absolute atomic E-state index is 13.0. The second-order valence-electron chi connectivity index (χ2n) is 23.4. The largest absolute Gasteiger partial charge is 0.756 e. The first-order valence-corrected chi connectivity index (χ1v) is 34.7. The maximum atomic E-state index is 13.0. The second kappa shape index (κ2) is 60.7. The van der Waals surface area contributed by atoms with Gasteiger partial charge in [0.1, 0.15) is 13.2 Å². The Morgan fingerprint density at radius 1 is 0.450 bits per heavy atom. The third-order valence-electron chi connectivity index (χ3n) is 14.5. The molecule has 0 aromatic rings. The van der Waals surface area contributed by atoms with E-state index in [4.69, 9.17) is 9.05 Å². The predicted octanol–water partition coefficient (Wildman–Crippen LogP) is 20.5. The second-order valence-corrected chi connectivity index (χ2v) is 24.8. The van der Waals surface area contributed by atoms with Crippen molar-refractivity contribution >= 4 is 13.7 Å². The number of amides is 1. The molecule has 9 heteroatoms. The van der Waals surface area contributed by atoms with Gasteiger partial charge in [-0.15, -0.1) is 0 Å². The highest BCUT2D eigenvalue weighted by Gasteiger charge is 2.23. The molecule has 0 spiro atoms. The van der Waals surface area contributed by atoms with Crippen LogP contribution in [0.2, 0.25) is 0 Å². The molecule has 0 fully saturated rings. The molecule has 462 valence electrons. The number of likely N-dealkylation sites (N-methyl/N-ethyl adjacent to an activating group) is 1. The van der Waals surface area contributed by atoms with E-state index in [1.807, 2.05) is 27.2 Å². The maximum Gasteiger partial charge on any atom is 0.268 e. The van der Waals surface area contributed by atoms with Gasteiger partial charge in [0.15, 0.2) is 0 Å². The summed E-state index contributed by atoms with van der Waals surface area (Å²) in [5, 5.41) is 13.9. The van der Waals surface area contributed by atoms with Gasteiger partial charge in [-0.25, -0.2) is 0 Å². The highest BCUT2D eigenvalue weighted by atomic mass is 31.2. The quantitative estimate of drug-likeness (QED) is 0.0272. The van der Waals surface area contributed by atoms with Crippen LogP contribution in [0.4, 0.5) is 0 Å². The Bertz CT molecular complexity index is 1670. The summed E-state index contributed by atoms with van der Waals surface area (Å²) >= 11 is 0. The third-order valence-corrected chi connectivity index (χ3v) is 15.4. The molecule has 0 aliphatic heterocycles. The number of phosphoric acid groups is 1. The standard InChI is InChI=1S/C71H127N2O6P/c1-6-8-10-12-14-16-18-20-22-24-26-27-28-29-30-31-32-33-34-35-36-37-38-39-40-41-42-43-44-45-47-49-51-53-55-57-59-61-63-65-71(75)72-69(68-79-80(76,77)78-67-66-73(3,4)5)70(74)64-62-60-58-56-54-52-50-48-46-25-23-21-19-17-15-13-11-9-7-2/h8,10,14,16,20,22,26-27,29-30,32-33,35-36,54,56,62,64,69-70,74H,6-7,9,11-13,15,17-19,21,23-25,28,31,34,37-53,55,57-61,63,65-68H2,1-5H3,(H-,72,75,76,77)/b10-8-,16-14-,22-20-,27-26-,30-29-,33-32-,36-35-,56-54+,64-62+. The Morgan fingerprint density at radius 3 is 1.16 bits per heavy atom. The number of allylic oxidation sites excluding steroid dienone is 17.